The van der Waals surface area contributed by atoms with E-state index in [9.17, 15) is 9.59 Å². The highest BCUT2D eigenvalue weighted by atomic mass is 16.5. The molecule has 6 nitrogen and oxygen atoms in total. The molecule has 0 unspecified atom stereocenters. The minimum atomic E-state index is -0.267. The smallest absolute Gasteiger partial charge is 0.269 e. The molecule has 0 radical (unpaired) electrons. The van der Waals surface area contributed by atoms with Crippen LogP contribution in [0.4, 0.5) is 0 Å². The zero-order chi connectivity index (χ0) is 22.2. The molecule has 2 aliphatic rings. The van der Waals surface area contributed by atoms with E-state index in [4.69, 9.17) is 9.47 Å². The molecule has 1 aliphatic carbocycles. The summed E-state index contributed by atoms with van der Waals surface area (Å²) < 4.78 is 12.0. The minimum Gasteiger partial charge on any atom is -0.489 e. The van der Waals surface area contributed by atoms with Crippen LogP contribution in [0.15, 0.2) is 60.8 Å². The third-order valence-electron chi connectivity index (χ3n) is 6.07. The molecule has 2 aromatic carbocycles. The Kier molecular flexibility index (Phi) is 5.13. The van der Waals surface area contributed by atoms with E-state index in [0.29, 0.717) is 30.0 Å². The molecule has 1 aromatic heterocycles. The van der Waals surface area contributed by atoms with Crippen molar-refractivity contribution in [3.63, 3.8) is 0 Å². The number of benzene rings is 2. The summed E-state index contributed by atoms with van der Waals surface area (Å²) in [5, 5.41) is 2.55. The molecule has 3 atom stereocenters. The summed E-state index contributed by atoms with van der Waals surface area (Å²) in [7, 11) is 1.56. The predicted octanol–water partition coefficient (Wildman–Crippen LogP) is 4.22. The molecule has 0 saturated heterocycles. The fourth-order valence-electron chi connectivity index (χ4n) is 4.51. The van der Waals surface area contributed by atoms with Gasteiger partial charge in [0.25, 0.3) is 5.91 Å². The van der Waals surface area contributed by atoms with Gasteiger partial charge in [0.05, 0.1) is 0 Å². The zero-order valence-corrected chi connectivity index (χ0v) is 18.0. The number of carbonyl (C=O) groups is 2. The summed E-state index contributed by atoms with van der Waals surface area (Å²) >= 11 is 0. The highest BCUT2D eigenvalue weighted by Crippen LogP contribution is 2.60. The van der Waals surface area contributed by atoms with Crippen molar-refractivity contribution in [2.24, 2.45) is 5.92 Å². The van der Waals surface area contributed by atoms with Gasteiger partial charge in [-0.15, -0.1) is 0 Å². The average molecular weight is 428 g/mol. The molecule has 1 amide bonds. The number of Topliss-reactive ketones (excluding diaryl/α,β-unsaturated/α-hetero) is 1. The van der Waals surface area contributed by atoms with Gasteiger partial charge in [0.2, 0.25) is 0 Å². The van der Waals surface area contributed by atoms with Gasteiger partial charge in [0.15, 0.2) is 0 Å². The van der Waals surface area contributed by atoms with Crippen molar-refractivity contribution in [2.75, 3.05) is 7.05 Å². The third-order valence-corrected chi connectivity index (χ3v) is 6.07. The van der Waals surface area contributed by atoms with E-state index in [-0.39, 0.29) is 29.6 Å². The van der Waals surface area contributed by atoms with Gasteiger partial charge in [-0.3, -0.25) is 14.6 Å². The Morgan fingerprint density at radius 2 is 1.94 bits per heavy atom. The number of hydrogen-bond acceptors (Lipinski definition) is 5. The van der Waals surface area contributed by atoms with Gasteiger partial charge in [-0.05, 0) is 36.8 Å². The highest BCUT2D eigenvalue weighted by molar-refractivity contribution is 5.92. The second-order valence-electron chi connectivity index (χ2n) is 8.44. The van der Waals surface area contributed by atoms with Crippen LogP contribution in [0.3, 0.4) is 0 Å². The van der Waals surface area contributed by atoms with Gasteiger partial charge < -0.3 is 14.8 Å². The number of aryl methyl sites for hydroxylation is 1. The van der Waals surface area contributed by atoms with Crippen molar-refractivity contribution in [3.8, 4) is 17.2 Å². The standard InChI is InChI=1S/C26H24N2O4/c1-15-4-3-5-16(10-15)11-17(29)12-21-24-20-13-18(6-7-23(20)32-25(21)24)31-19-8-9-28-22(14-19)26(30)27-2/h3-10,13-14,21,24-25H,11-12H2,1-2H3,(H,27,30)/t21-,24-,25+/m0/s1. The van der Waals surface area contributed by atoms with Gasteiger partial charge in [-0.1, -0.05) is 29.8 Å². The Bertz CT molecular complexity index is 1210. The van der Waals surface area contributed by atoms with Crippen LogP contribution in [-0.4, -0.2) is 29.8 Å². The summed E-state index contributed by atoms with van der Waals surface area (Å²) in [6.07, 6.45) is 2.60. The van der Waals surface area contributed by atoms with Crippen molar-refractivity contribution in [1.82, 2.24) is 10.3 Å². The second-order valence-corrected chi connectivity index (χ2v) is 8.44. The van der Waals surface area contributed by atoms with Crippen LogP contribution in [0.25, 0.3) is 0 Å². The van der Waals surface area contributed by atoms with Crippen molar-refractivity contribution < 1.29 is 19.1 Å². The van der Waals surface area contributed by atoms with Crippen molar-refractivity contribution in [1.29, 1.82) is 0 Å². The van der Waals surface area contributed by atoms with Crippen LogP contribution in [-0.2, 0) is 11.2 Å². The topological polar surface area (TPSA) is 77.5 Å². The van der Waals surface area contributed by atoms with Gasteiger partial charge in [0, 0.05) is 49.6 Å². The van der Waals surface area contributed by atoms with E-state index >= 15 is 0 Å². The molecular formula is C26H24N2O4. The average Bonchev–Trinajstić information content (AvgIpc) is 3.29. The lowest BCUT2D eigenvalue weighted by molar-refractivity contribution is -0.118. The number of rotatable bonds is 7. The molecule has 1 fully saturated rings. The Morgan fingerprint density at radius 3 is 2.75 bits per heavy atom. The maximum absolute atomic E-state index is 12.6. The third kappa shape index (κ3) is 3.96. The number of ether oxygens (including phenoxy) is 2. The first-order chi connectivity index (χ1) is 15.5. The fraction of sp³-hybridized carbons (Fsp3) is 0.269. The van der Waals surface area contributed by atoms with Gasteiger partial charge in [-0.2, -0.15) is 0 Å². The molecule has 162 valence electrons. The van der Waals surface area contributed by atoms with Crippen LogP contribution < -0.4 is 14.8 Å². The number of amides is 1. The Labute approximate surface area is 186 Å². The molecule has 32 heavy (non-hydrogen) atoms. The summed E-state index contributed by atoms with van der Waals surface area (Å²) in [6.45, 7) is 2.04. The fourth-order valence-corrected chi connectivity index (χ4v) is 4.51. The summed E-state index contributed by atoms with van der Waals surface area (Å²) in [6, 6.07) is 17.1. The Hall–Kier alpha value is -3.67. The monoisotopic (exact) mass is 428 g/mol. The van der Waals surface area contributed by atoms with E-state index in [2.05, 4.69) is 16.4 Å². The number of fused-ring (bicyclic) bond motifs is 3. The van der Waals surface area contributed by atoms with Crippen LogP contribution >= 0.6 is 0 Å². The van der Waals surface area contributed by atoms with Gasteiger partial charge >= 0.3 is 0 Å². The lowest BCUT2D eigenvalue weighted by Crippen LogP contribution is -2.18. The first-order valence-corrected chi connectivity index (χ1v) is 10.8. The number of ketones is 1. The van der Waals surface area contributed by atoms with E-state index in [0.717, 1.165) is 16.9 Å². The molecule has 1 N–H and O–H groups in total. The highest BCUT2D eigenvalue weighted by Gasteiger charge is 2.58. The van der Waals surface area contributed by atoms with E-state index in [1.165, 1.54) is 5.56 Å². The largest absolute Gasteiger partial charge is 0.489 e. The van der Waals surface area contributed by atoms with Crippen LogP contribution in [0.1, 0.15) is 39.5 Å². The Balaban J connectivity index is 1.25. The number of pyridine rings is 1. The van der Waals surface area contributed by atoms with Crippen molar-refractivity contribution >= 4 is 11.7 Å². The molecule has 3 aromatic rings. The lowest BCUT2D eigenvalue weighted by atomic mass is 10.0. The van der Waals surface area contributed by atoms with Crippen LogP contribution in [0, 0.1) is 12.8 Å². The predicted molar refractivity (Wildman–Crippen MR) is 119 cm³/mol. The minimum absolute atomic E-state index is 0.0717. The van der Waals surface area contributed by atoms with Crippen molar-refractivity contribution in [3.05, 3.63) is 83.2 Å². The molecular weight excluding hydrogens is 404 g/mol. The molecule has 6 heteroatoms. The van der Waals surface area contributed by atoms with E-state index in [1.807, 2.05) is 43.3 Å². The normalized spacial score (nSPS) is 20.0. The van der Waals surface area contributed by atoms with Crippen LogP contribution in [0.5, 0.6) is 17.2 Å². The Morgan fingerprint density at radius 1 is 1.09 bits per heavy atom. The number of aromatic nitrogens is 1. The lowest BCUT2D eigenvalue weighted by Gasteiger charge is -2.11. The first-order valence-electron chi connectivity index (χ1n) is 10.8. The zero-order valence-electron chi connectivity index (χ0n) is 18.0. The van der Waals surface area contributed by atoms with Gasteiger partial charge in [0.1, 0.15) is 34.8 Å². The number of carbonyl (C=O) groups excluding carboxylic acids is 2. The quantitative estimate of drug-likeness (QED) is 0.610. The van der Waals surface area contributed by atoms with E-state index in [1.54, 1.807) is 25.4 Å². The van der Waals surface area contributed by atoms with Crippen LogP contribution in [0.2, 0.25) is 0 Å². The number of nitrogens with one attached hydrogen (secondary N) is 1. The molecule has 0 spiro atoms. The summed E-state index contributed by atoms with van der Waals surface area (Å²) in [4.78, 5) is 28.5. The molecule has 0 bridgehead atoms. The molecule has 1 aliphatic heterocycles. The molecule has 2 heterocycles. The second kappa shape index (κ2) is 8.11. The molecule has 1 saturated carbocycles. The first kappa shape index (κ1) is 20.2. The maximum Gasteiger partial charge on any atom is 0.269 e. The number of hydrogen-bond donors (Lipinski definition) is 1. The molecule has 5 rings (SSSR count). The SMILES string of the molecule is CNC(=O)c1cc(Oc2ccc3c(c2)[C@H]2[C@H](CC(=O)Cc4cccc(C)c4)[C@H]2O3)ccn1. The van der Waals surface area contributed by atoms with Gasteiger partial charge in [-0.25, -0.2) is 0 Å². The van der Waals surface area contributed by atoms with E-state index < -0.39 is 0 Å². The number of nitrogens with zero attached hydrogens (tertiary/aromatic N) is 1. The summed E-state index contributed by atoms with van der Waals surface area (Å²) in [5.74, 6) is 2.48. The van der Waals surface area contributed by atoms with Crippen molar-refractivity contribution in [2.45, 2.75) is 31.8 Å². The summed E-state index contributed by atoms with van der Waals surface area (Å²) in [5.41, 5.74) is 3.61. The maximum atomic E-state index is 12.6.